The summed E-state index contributed by atoms with van der Waals surface area (Å²) in [6, 6.07) is 3.76. The first-order valence-electron chi connectivity index (χ1n) is 5.87. The molecule has 0 aliphatic heterocycles. The maximum absolute atomic E-state index is 11.2. The number of imidazole rings is 1. The van der Waals surface area contributed by atoms with Crippen molar-refractivity contribution in [2.24, 2.45) is 7.05 Å². The number of aromatic nitrogens is 3. The molecule has 0 fully saturated rings. The summed E-state index contributed by atoms with van der Waals surface area (Å²) in [6.07, 6.45) is 4.85. The zero-order valence-electron chi connectivity index (χ0n) is 10.00. The Kier molecular flexibility index (Phi) is 2.40. The van der Waals surface area contributed by atoms with Crippen molar-refractivity contribution in [1.82, 2.24) is 14.5 Å². The molecule has 1 atom stereocenters. The molecule has 0 spiro atoms. The van der Waals surface area contributed by atoms with Crippen LogP contribution in [0.5, 0.6) is 0 Å². The summed E-state index contributed by atoms with van der Waals surface area (Å²) in [4.78, 5) is 19.7. The lowest BCUT2D eigenvalue weighted by atomic mass is 10.1. The van der Waals surface area contributed by atoms with E-state index in [-0.39, 0.29) is 0 Å². The van der Waals surface area contributed by atoms with Crippen molar-refractivity contribution in [3.8, 4) is 11.4 Å². The van der Waals surface area contributed by atoms with Crippen molar-refractivity contribution < 1.29 is 9.90 Å². The molecule has 0 saturated carbocycles. The molecule has 2 aromatic rings. The van der Waals surface area contributed by atoms with E-state index >= 15 is 0 Å². The molecule has 0 bridgehead atoms. The molecule has 1 aliphatic carbocycles. The largest absolute Gasteiger partial charge is 0.481 e. The van der Waals surface area contributed by atoms with E-state index in [1.165, 1.54) is 0 Å². The van der Waals surface area contributed by atoms with Crippen molar-refractivity contribution in [3.05, 3.63) is 35.9 Å². The number of hydrogen-bond donors (Lipinski definition) is 1. The molecule has 0 amide bonds. The van der Waals surface area contributed by atoms with Crippen LogP contribution < -0.4 is 0 Å². The van der Waals surface area contributed by atoms with E-state index in [2.05, 4.69) is 9.97 Å². The van der Waals surface area contributed by atoms with E-state index in [0.29, 0.717) is 6.42 Å². The Bertz CT molecular complexity index is 604. The highest BCUT2D eigenvalue weighted by atomic mass is 16.4. The summed E-state index contributed by atoms with van der Waals surface area (Å²) >= 11 is 0. The fourth-order valence-corrected chi connectivity index (χ4v) is 2.55. The van der Waals surface area contributed by atoms with Gasteiger partial charge in [-0.1, -0.05) is 0 Å². The zero-order valence-corrected chi connectivity index (χ0v) is 10.00. The van der Waals surface area contributed by atoms with Gasteiger partial charge in [-0.05, 0) is 25.0 Å². The number of fused-ring (bicyclic) bond motifs is 1. The second-order valence-corrected chi connectivity index (χ2v) is 4.49. The lowest BCUT2D eigenvalue weighted by Gasteiger charge is -2.04. The van der Waals surface area contributed by atoms with Gasteiger partial charge in [-0.2, -0.15) is 0 Å². The van der Waals surface area contributed by atoms with Gasteiger partial charge in [0.2, 0.25) is 0 Å². The normalized spacial score (nSPS) is 17.7. The molecule has 3 rings (SSSR count). The summed E-state index contributed by atoms with van der Waals surface area (Å²) in [5.41, 5.74) is 2.72. The third kappa shape index (κ3) is 1.51. The van der Waals surface area contributed by atoms with Crippen molar-refractivity contribution in [2.75, 3.05) is 0 Å². The predicted molar refractivity (Wildman–Crippen MR) is 65.1 cm³/mol. The van der Waals surface area contributed by atoms with Crippen LogP contribution in [-0.2, 0) is 18.3 Å². The van der Waals surface area contributed by atoms with Gasteiger partial charge in [0.25, 0.3) is 0 Å². The Morgan fingerprint density at radius 3 is 2.83 bits per heavy atom. The monoisotopic (exact) mass is 243 g/mol. The summed E-state index contributed by atoms with van der Waals surface area (Å²) in [6.45, 7) is 0. The van der Waals surface area contributed by atoms with Gasteiger partial charge in [0.15, 0.2) is 0 Å². The predicted octanol–water partition coefficient (Wildman–Crippen LogP) is 1.60. The highest BCUT2D eigenvalue weighted by molar-refractivity contribution is 5.77. The lowest BCUT2D eigenvalue weighted by molar-refractivity contribution is -0.138. The molecule has 1 N–H and O–H groups in total. The second-order valence-electron chi connectivity index (χ2n) is 4.49. The molecule has 0 saturated heterocycles. The SMILES string of the molecule is Cn1c(-c2ccncc2)nc2c1CCC2C(=O)O. The lowest BCUT2D eigenvalue weighted by Crippen LogP contribution is -2.08. The number of pyridine rings is 1. The van der Waals surface area contributed by atoms with E-state index in [1.807, 2.05) is 23.7 Å². The molecule has 2 aromatic heterocycles. The fourth-order valence-electron chi connectivity index (χ4n) is 2.55. The Morgan fingerprint density at radius 1 is 1.44 bits per heavy atom. The van der Waals surface area contributed by atoms with Crippen LogP contribution in [0.15, 0.2) is 24.5 Å². The number of aliphatic carboxylic acids is 1. The van der Waals surface area contributed by atoms with Crippen molar-refractivity contribution >= 4 is 5.97 Å². The van der Waals surface area contributed by atoms with E-state index in [0.717, 1.165) is 29.2 Å². The van der Waals surface area contributed by atoms with Crippen LogP contribution in [-0.4, -0.2) is 25.6 Å². The Morgan fingerprint density at radius 2 is 2.17 bits per heavy atom. The van der Waals surface area contributed by atoms with Crippen LogP contribution in [0.25, 0.3) is 11.4 Å². The molecule has 92 valence electrons. The van der Waals surface area contributed by atoms with Crippen LogP contribution >= 0.6 is 0 Å². The summed E-state index contributed by atoms with van der Waals surface area (Å²) in [5.74, 6) is -0.428. The standard InChI is InChI=1S/C13H13N3O2/c1-16-10-3-2-9(13(17)18)11(10)15-12(16)8-4-6-14-7-5-8/h4-7,9H,2-3H2,1H3,(H,17,18). The van der Waals surface area contributed by atoms with Crippen molar-refractivity contribution in [1.29, 1.82) is 0 Å². The molecule has 0 radical (unpaired) electrons. The van der Waals surface area contributed by atoms with Crippen molar-refractivity contribution in [2.45, 2.75) is 18.8 Å². The van der Waals surface area contributed by atoms with Gasteiger partial charge in [0.1, 0.15) is 11.7 Å². The van der Waals surface area contributed by atoms with Gasteiger partial charge in [-0.15, -0.1) is 0 Å². The number of carboxylic acids is 1. The van der Waals surface area contributed by atoms with E-state index in [1.54, 1.807) is 12.4 Å². The molecule has 5 heteroatoms. The van der Waals surface area contributed by atoms with Crippen molar-refractivity contribution in [3.63, 3.8) is 0 Å². The number of hydrogen-bond acceptors (Lipinski definition) is 3. The van der Waals surface area contributed by atoms with Crippen LogP contribution in [0.1, 0.15) is 23.7 Å². The average molecular weight is 243 g/mol. The summed E-state index contributed by atoms with van der Waals surface area (Å²) in [5, 5.41) is 9.17. The van der Waals surface area contributed by atoms with Crippen LogP contribution in [0, 0.1) is 0 Å². The molecular formula is C13H13N3O2. The minimum atomic E-state index is -0.784. The number of carbonyl (C=O) groups is 1. The third-order valence-corrected chi connectivity index (χ3v) is 3.48. The zero-order chi connectivity index (χ0) is 12.7. The molecular weight excluding hydrogens is 230 g/mol. The first-order chi connectivity index (χ1) is 8.68. The molecule has 5 nitrogen and oxygen atoms in total. The van der Waals surface area contributed by atoms with Crippen LogP contribution in [0.3, 0.4) is 0 Å². The fraction of sp³-hybridized carbons (Fsp3) is 0.308. The van der Waals surface area contributed by atoms with Gasteiger partial charge in [0.05, 0.1) is 5.69 Å². The topological polar surface area (TPSA) is 68.0 Å². The number of rotatable bonds is 2. The average Bonchev–Trinajstić information content (AvgIpc) is 2.91. The number of nitrogens with zero attached hydrogens (tertiary/aromatic N) is 3. The van der Waals surface area contributed by atoms with Gasteiger partial charge in [-0.3, -0.25) is 9.78 Å². The van der Waals surface area contributed by atoms with Gasteiger partial charge >= 0.3 is 5.97 Å². The minimum absolute atomic E-state index is 0.457. The quantitative estimate of drug-likeness (QED) is 0.869. The molecule has 0 aromatic carbocycles. The van der Waals surface area contributed by atoms with E-state index < -0.39 is 11.9 Å². The molecule has 1 aliphatic rings. The third-order valence-electron chi connectivity index (χ3n) is 3.48. The molecule has 2 heterocycles. The maximum atomic E-state index is 11.2. The molecule has 1 unspecified atom stereocenters. The number of carboxylic acid groups (broad SMARTS) is 1. The summed E-state index contributed by atoms with van der Waals surface area (Å²) < 4.78 is 1.99. The Hall–Kier alpha value is -2.17. The molecule has 18 heavy (non-hydrogen) atoms. The van der Waals surface area contributed by atoms with Gasteiger partial charge in [-0.25, -0.2) is 4.98 Å². The van der Waals surface area contributed by atoms with Crippen LogP contribution in [0.2, 0.25) is 0 Å². The second kappa shape index (κ2) is 3.94. The summed E-state index contributed by atoms with van der Waals surface area (Å²) in [7, 11) is 1.94. The first-order valence-corrected chi connectivity index (χ1v) is 5.87. The van der Waals surface area contributed by atoms with Crippen LogP contribution in [0.4, 0.5) is 0 Å². The minimum Gasteiger partial charge on any atom is -0.481 e. The first kappa shape index (κ1) is 11.0. The van der Waals surface area contributed by atoms with E-state index in [4.69, 9.17) is 0 Å². The smallest absolute Gasteiger partial charge is 0.312 e. The van der Waals surface area contributed by atoms with Gasteiger partial charge < -0.3 is 9.67 Å². The Balaban J connectivity index is 2.11. The highest BCUT2D eigenvalue weighted by Gasteiger charge is 2.33. The van der Waals surface area contributed by atoms with E-state index in [9.17, 15) is 9.90 Å². The maximum Gasteiger partial charge on any atom is 0.312 e. The highest BCUT2D eigenvalue weighted by Crippen LogP contribution is 2.35. The van der Waals surface area contributed by atoms with Gasteiger partial charge in [0, 0.05) is 30.7 Å². The Labute approximate surface area is 104 Å².